The lowest BCUT2D eigenvalue weighted by atomic mass is 10.1. The van der Waals surface area contributed by atoms with Gasteiger partial charge in [0.1, 0.15) is 5.75 Å². The predicted molar refractivity (Wildman–Crippen MR) is 63.1 cm³/mol. The van der Waals surface area contributed by atoms with E-state index in [4.69, 9.17) is 10.5 Å². The lowest BCUT2D eigenvalue weighted by Gasteiger charge is -2.16. The van der Waals surface area contributed by atoms with Crippen LogP contribution in [-0.2, 0) is 6.18 Å². The van der Waals surface area contributed by atoms with Crippen molar-refractivity contribution in [1.29, 1.82) is 0 Å². The molecule has 0 radical (unpaired) electrons. The minimum atomic E-state index is -4.50. The molecule has 0 spiro atoms. The van der Waals surface area contributed by atoms with Crippen molar-refractivity contribution in [2.45, 2.75) is 13.1 Å². The predicted octanol–water partition coefficient (Wildman–Crippen LogP) is 2.68. The number of benzene rings is 1. The molecular weight excluding hydrogens is 253 g/mol. The number of hydrogen-bond donors (Lipinski definition) is 2. The van der Waals surface area contributed by atoms with Crippen molar-refractivity contribution in [3.05, 3.63) is 23.3 Å². The highest BCUT2D eigenvalue weighted by molar-refractivity contribution is 7.80. The van der Waals surface area contributed by atoms with Gasteiger partial charge < -0.3 is 15.8 Å². The lowest BCUT2D eigenvalue weighted by molar-refractivity contribution is -0.138. The average molecular weight is 264 g/mol. The third kappa shape index (κ3) is 3.23. The largest absolute Gasteiger partial charge is 0.496 e. The van der Waals surface area contributed by atoms with Crippen LogP contribution < -0.4 is 15.8 Å². The zero-order chi connectivity index (χ0) is 13.2. The molecule has 0 atom stereocenters. The number of rotatable bonds is 2. The van der Waals surface area contributed by atoms with Crippen molar-refractivity contribution >= 4 is 23.0 Å². The number of nitrogens with two attached hydrogens (primary N) is 1. The summed E-state index contributed by atoms with van der Waals surface area (Å²) < 4.78 is 43.0. The molecule has 0 aliphatic rings. The Kier molecular flexibility index (Phi) is 3.82. The summed E-state index contributed by atoms with van der Waals surface area (Å²) in [7, 11) is 1.19. The van der Waals surface area contributed by atoms with E-state index in [2.05, 4.69) is 17.5 Å². The number of alkyl halides is 3. The van der Waals surface area contributed by atoms with Gasteiger partial charge in [-0.1, -0.05) is 0 Å². The highest BCUT2D eigenvalue weighted by Crippen LogP contribution is 2.39. The second-order valence-electron chi connectivity index (χ2n) is 3.36. The highest BCUT2D eigenvalue weighted by Gasteiger charge is 2.35. The SMILES string of the molecule is COc1c(C)cc(NC(N)=S)cc1C(F)(F)F. The van der Waals surface area contributed by atoms with Crippen molar-refractivity contribution in [3.8, 4) is 5.75 Å². The molecule has 0 fully saturated rings. The Hall–Kier alpha value is -1.50. The molecule has 0 bridgehead atoms. The Bertz CT molecular complexity index is 446. The summed E-state index contributed by atoms with van der Waals surface area (Å²) in [5.41, 5.74) is 4.88. The van der Waals surface area contributed by atoms with Gasteiger partial charge in [-0.3, -0.25) is 0 Å². The van der Waals surface area contributed by atoms with Crippen molar-refractivity contribution in [2.24, 2.45) is 5.73 Å². The number of aryl methyl sites for hydroxylation is 1. The molecular formula is C10H11F3N2OS. The van der Waals surface area contributed by atoms with Crippen LogP contribution in [0.1, 0.15) is 11.1 Å². The van der Waals surface area contributed by atoms with E-state index in [-0.39, 0.29) is 16.5 Å². The van der Waals surface area contributed by atoms with Crippen molar-refractivity contribution in [3.63, 3.8) is 0 Å². The molecule has 0 saturated heterocycles. The second kappa shape index (κ2) is 4.79. The zero-order valence-electron chi connectivity index (χ0n) is 9.18. The van der Waals surface area contributed by atoms with E-state index in [1.807, 2.05) is 0 Å². The molecule has 0 heterocycles. The van der Waals surface area contributed by atoms with Crippen molar-refractivity contribution < 1.29 is 17.9 Å². The highest BCUT2D eigenvalue weighted by atomic mass is 32.1. The number of halogens is 3. The Morgan fingerprint density at radius 2 is 2.00 bits per heavy atom. The molecule has 0 aromatic heterocycles. The van der Waals surface area contributed by atoms with Gasteiger partial charge in [-0.15, -0.1) is 0 Å². The molecule has 0 unspecified atom stereocenters. The van der Waals surface area contributed by atoms with E-state index in [9.17, 15) is 13.2 Å². The van der Waals surface area contributed by atoms with Crippen LogP contribution in [0.2, 0.25) is 0 Å². The monoisotopic (exact) mass is 264 g/mol. The van der Waals surface area contributed by atoms with Gasteiger partial charge in [0.15, 0.2) is 5.11 Å². The minimum Gasteiger partial charge on any atom is -0.496 e. The van der Waals surface area contributed by atoms with E-state index >= 15 is 0 Å². The first kappa shape index (κ1) is 13.6. The Labute approximate surface area is 102 Å². The molecule has 0 aliphatic carbocycles. The number of anilines is 1. The number of ether oxygens (including phenoxy) is 1. The Morgan fingerprint density at radius 1 is 1.41 bits per heavy atom. The summed E-state index contributed by atoms with van der Waals surface area (Å²) >= 11 is 4.57. The third-order valence-corrected chi connectivity index (χ3v) is 2.15. The summed E-state index contributed by atoms with van der Waals surface area (Å²) in [6.07, 6.45) is -4.50. The molecule has 7 heteroatoms. The average Bonchev–Trinajstić information content (AvgIpc) is 2.14. The first-order valence-corrected chi connectivity index (χ1v) is 4.99. The summed E-state index contributed by atoms with van der Waals surface area (Å²) in [6.45, 7) is 1.51. The van der Waals surface area contributed by atoms with Gasteiger partial charge in [-0.25, -0.2) is 0 Å². The molecule has 1 aromatic carbocycles. The van der Waals surface area contributed by atoms with Gasteiger partial charge in [-0.05, 0) is 36.8 Å². The first-order chi connectivity index (χ1) is 7.75. The molecule has 1 aromatic rings. The van der Waals surface area contributed by atoms with Crippen molar-refractivity contribution in [1.82, 2.24) is 0 Å². The van der Waals surface area contributed by atoms with Gasteiger partial charge in [0.2, 0.25) is 0 Å². The Balaban J connectivity index is 3.34. The standard InChI is InChI=1S/C10H11F3N2OS/c1-5-3-6(15-9(14)17)4-7(8(5)16-2)10(11,12)13/h3-4H,1-2H3,(H3,14,15,17). The summed E-state index contributed by atoms with van der Waals surface area (Å²) in [5, 5.41) is 2.37. The van der Waals surface area contributed by atoms with E-state index < -0.39 is 11.7 Å². The summed E-state index contributed by atoms with van der Waals surface area (Å²) in [4.78, 5) is 0. The molecule has 3 nitrogen and oxygen atoms in total. The van der Waals surface area contributed by atoms with E-state index in [0.29, 0.717) is 5.56 Å². The Morgan fingerprint density at radius 3 is 2.41 bits per heavy atom. The van der Waals surface area contributed by atoms with Crippen LogP contribution >= 0.6 is 12.2 Å². The molecule has 1 rings (SSSR count). The summed E-state index contributed by atoms with van der Waals surface area (Å²) in [5.74, 6) is -0.203. The van der Waals surface area contributed by atoms with Crippen LogP contribution in [0.5, 0.6) is 5.75 Å². The fraction of sp³-hybridized carbons (Fsp3) is 0.300. The van der Waals surface area contributed by atoms with Crippen molar-refractivity contribution in [2.75, 3.05) is 12.4 Å². The fourth-order valence-corrected chi connectivity index (χ4v) is 1.59. The number of methoxy groups -OCH3 is 1. The molecule has 0 aliphatic heterocycles. The van der Waals surface area contributed by atoms with Crippen LogP contribution in [0, 0.1) is 6.92 Å². The van der Waals surface area contributed by atoms with E-state index in [1.165, 1.54) is 20.1 Å². The maximum absolute atomic E-state index is 12.8. The smallest absolute Gasteiger partial charge is 0.420 e. The maximum Gasteiger partial charge on any atom is 0.420 e. The van der Waals surface area contributed by atoms with Gasteiger partial charge in [0, 0.05) is 5.69 Å². The van der Waals surface area contributed by atoms with Gasteiger partial charge >= 0.3 is 6.18 Å². The lowest BCUT2D eigenvalue weighted by Crippen LogP contribution is -2.19. The summed E-state index contributed by atoms with van der Waals surface area (Å²) in [6, 6.07) is 2.39. The normalized spacial score (nSPS) is 11.1. The van der Waals surface area contributed by atoms with Gasteiger partial charge in [0.25, 0.3) is 0 Å². The molecule has 94 valence electrons. The van der Waals surface area contributed by atoms with Crippen LogP contribution in [-0.4, -0.2) is 12.2 Å². The fourth-order valence-electron chi connectivity index (χ4n) is 1.47. The van der Waals surface area contributed by atoms with Gasteiger partial charge in [0.05, 0.1) is 12.7 Å². The molecule has 0 saturated carbocycles. The topological polar surface area (TPSA) is 47.3 Å². The zero-order valence-corrected chi connectivity index (χ0v) is 10.00. The minimum absolute atomic E-state index is 0.0947. The second-order valence-corrected chi connectivity index (χ2v) is 3.80. The van der Waals surface area contributed by atoms with Crippen LogP contribution in [0.15, 0.2) is 12.1 Å². The number of hydrogen-bond acceptors (Lipinski definition) is 2. The molecule has 17 heavy (non-hydrogen) atoms. The first-order valence-electron chi connectivity index (χ1n) is 4.58. The van der Waals surface area contributed by atoms with E-state index in [1.54, 1.807) is 0 Å². The molecule has 0 amide bonds. The van der Waals surface area contributed by atoms with E-state index in [0.717, 1.165) is 6.07 Å². The van der Waals surface area contributed by atoms with Crippen LogP contribution in [0.3, 0.4) is 0 Å². The quantitative estimate of drug-likeness (QED) is 0.806. The third-order valence-electron chi connectivity index (χ3n) is 2.05. The maximum atomic E-state index is 12.8. The van der Waals surface area contributed by atoms with Gasteiger partial charge in [-0.2, -0.15) is 13.2 Å². The number of nitrogens with one attached hydrogen (secondary N) is 1. The van der Waals surface area contributed by atoms with Crippen LogP contribution in [0.25, 0.3) is 0 Å². The number of thiocarbonyl (C=S) groups is 1. The molecule has 3 N–H and O–H groups in total. The van der Waals surface area contributed by atoms with Crippen LogP contribution in [0.4, 0.5) is 18.9 Å².